The molecule has 1 unspecified atom stereocenters. The molecule has 5 heteroatoms. The highest BCUT2D eigenvalue weighted by atomic mass is 15.2. The van der Waals surface area contributed by atoms with Crippen molar-refractivity contribution in [3.05, 3.63) is 12.3 Å². The van der Waals surface area contributed by atoms with Crippen LogP contribution < -0.4 is 16.0 Å². The molecule has 1 rings (SSSR count). The number of nitrogens with zero attached hydrogens (tertiary/aromatic N) is 3. The summed E-state index contributed by atoms with van der Waals surface area (Å²) in [5, 5.41) is 3.44. The molecule has 0 saturated heterocycles. The van der Waals surface area contributed by atoms with Gasteiger partial charge in [-0.1, -0.05) is 6.92 Å². The molecular weight excluding hydrogens is 214 g/mol. The van der Waals surface area contributed by atoms with Crippen molar-refractivity contribution in [3.63, 3.8) is 0 Å². The third-order valence-electron chi connectivity index (χ3n) is 2.95. The van der Waals surface area contributed by atoms with Crippen molar-refractivity contribution in [2.24, 2.45) is 5.73 Å². The van der Waals surface area contributed by atoms with E-state index in [1.165, 1.54) is 0 Å². The van der Waals surface area contributed by atoms with Crippen molar-refractivity contribution in [2.45, 2.75) is 32.2 Å². The zero-order chi connectivity index (χ0) is 12.9. The van der Waals surface area contributed by atoms with E-state index in [0.717, 1.165) is 18.7 Å². The van der Waals surface area contributed by atoms with Crippen LogP contribution in [0.15, 0.2) is 12.3 Å². The molecule has 1 atom stereocenters. The second-order valence-corrected chi connectivity index (χ2v) is 4.71. The van der Waals surface area contributed by atoms with Gasteiger partial charge in [-0.05, 0) is 32.4 Å². The average molecular weight is 237 g/mol. The van der Waals surface area contributed by atoms with Crippen LogP contribution in [-0.2, 0) is 0 Å². The molecule has 0 amide bonds. The molecule has 5 nitrogen and oxygen atoms in total. The van der Waals surface area contributed by atoms with E-state index in [2.05, 4.69) is 29.1 Å². The summed E-state index contributed by atoms with van der Waals surface area (Å²) in [6, 6.07) is 1.89. The fraction of sp³-hybridized carbons (Fsp3) is 0.667. The van der Waals surface area contributed by atoms with Gasteiger partial charge in [0, 0.05) is 25.8 Å². The largest absolute Gasteiger partial charge is 0.365 e. The summed E-state index contributed by atoms with van der Waals surface area (Å²) in [5.41, 5.74) is 5.63. The van der Waals surface area contributed by atoms with E-state index in [9.17, 15) is 0 Å². The minimum Gasteiger partial charge on any atom is -0.365 e. The molecule has 0 aliphatic carbocycles. The van der Waals surface area contributed by atoms with Gasteiger partial charge < -0.3 is 16.0 Å². The number of hydrogen-bond acceptors (Lipinski definition) is 5. The fourth-order valence-corrected chi connectivity index (χ4v) is 1.59. The van der Waals surface area contributed by atoms with Crippen molar-refractivity contribution < 1.29 is 0 Å². The summed E-state index contributed by atoms with van der Waals surface area (Å²) < 4.78 is 0. The van der Waals surface area contributed by atoms with Crippen molar-refractivity contribution in [2.75, 3.05) is 30.9 Å². The van der Waals surface area contributed by atoms with Gasteiger partial charge in [0.05, 0.1) is 0 Å². The van der Waals surface area contributed by atoms with E-state index in [1.54, 1.807) is 6.20 Å². The summed E-state index contributed by atoms with van der Waals surface area (Å²) in [4.78, 5) is 10.5. The molecule has 0 fully saturated rings. The zero-order valence-electron chi connectivity index (χ0n) is 11.2. The van der Waals surface area contributed by atoms with Gasteiger partial charge >= 0.3 is 0 Å². The normalized spacial score (nSPS) is 14.2. The van der Waals surface area contributed by atoms with Crippen LogP contribution in [0, 0.1) is 0 Å². The fourth-order valence-electron chi connectivity index (χ4n) is 1.59. The van der Waals surface area contributed by atoms with Crippen molar-refractivity contribution in [1.82, 2.24) is 9.97 Å². The summed E-state index contributed by atoms with van der Waals surface area (Å²) in [5.74, 6) is 1.56. The zero-order valence-corrected chi connectivity index (χ0v) is 11.2. The maximum absolute atomic E-state index is 5.64. The smallest absolute Gasteiger partial charge is 0.226 e. The van der Waals surface area contributed by atoms with Crippen LogP contribution in [0.1, 0.15) is 26.7 Å². The quantitative estimate of drug-likeness (QED) is 0.784. The highest BCUT2D eigenvalue weighted by molar-refractivity contribution is 5.42. The summed E-state index contributed by atoms with van der Waals surface area (Å²) in [7, 11) is 3.86. The second kappa shape index (κ2) is 5.82. The maximum atomic E-state index is 5.64. The van der Waals surface area contributed by atoms with Crippen LogP contribution in [0.2, 0.25) is 0 Å². The summed E-state index contributed by atoms with van der Waals surface area (Å²) >= 11 is 0. The minimum absolute atomic E-state index is 0.00726. The summed E-state index contributed by atoms with van der Waals surface area (Å²) in [6.07, 6.45) is 3.69. The molecule has 0 spiro atoms. The monoisotopic (exact) mass is 237 g/mol. The van der Waals surface area contributed by atoms with Gasteiger partial charge in [0.15, 0.2) is 0 Å². The Bertz CT molecular complexity index is 353. The Kier molecular flexibility index (Phi) is 4.69. The lowest BCUT2D eigenvalue weighted by molar-refractivity contribution is 0.462. The van der Waals surface area contributed by atoms with Crippen LogP contribution in [0.3, 0.4) is 0 Å². The number of nitrogens with two attached hydrogens (primary N) is 1. The van der Waals surface area contributed by atoms with Gasteiger partial charge in [0.2, 0.25) is 5.95 Å². The molecule has 17 heavy (non-hydrogen) atoms. The number of rotatable bonds is 6. The average Bonchev–Trinajstić information content (AvgIpc) is 2.29. The van der Waals surface area contributed by atoms with Gasteiger partial charge in [-0.25, -0.2) is 4.98 Å². The highest BCUT2D eigenvalue weighted by Crippen LogP contribution is 2.20. The predicted octanol–water partition coefficient (Wildman–Crippen LogP) is 1.47. The first-order valence-corrected chi connectivity index (χ1v) is 5.99. The van der Waals surface area contributed by atoms with E-state index in [4.69, 9.17) is 5.73 Å². The molecule has 1 aromatic rings. The van der Waals surface area contributed by atoms with Crippen molar-refractivity contribution in [1.29, 1.82) is 0 Å². The first-order valence-electron chi connectivity index (χ1n) is 5.99. The number of nitrogens with one attached hydrogen (secondary N) is 1. The van der Waals surface area contributed by atoms with Crippen molar-refractivity contribution in [3.8, 4) is 0 Å². The molecule has 0 aliphatic heterocycles. The standard InChI is InChI=1S/C12H23N5/c1-5-12(2,7-8-13)16-10-6-9-14-11(15-10)17(3)4/h6,9H,5,7-8,13H2,1-4H3,(H,14,15,16). The molecule has 0 aromatic carbocycles. The highest BCUT2D eigenvalue weighted by Gasteiger charge is 2.21. The number of anilines is 2. The molecule has 1 heterocycles. The molecule has 0 aliphatic rings. The van der Waals surface area contributed by atoms with Crippen LogP contribution in [0.25, 0.3) is 0 Å². The van der Waals surface area contributed by atoms with E-state index in [0.29, 0.717) is 12.5 Å². The molecule has 96 valence electrons. The first kappa shape index (κ1) is 13.7. The Morgan fingerprint density at radius 3 is 2.71 bits per heavy atom. The van der Waals surface area contributed by atoms with Crippen LogP contribution >= 0.6 is 0 Å². The SMILES string of the molecule is CCC(C)(CCN)Nc1ccnc(N(C)C)n1. The van der Waals surface area contributed by atoms with E-state index >= 15 is 0 Å². The second-order valence-electron chi connectivity index (χ2n) is 4.71. The Hall–Kier alpha value is -1.36. The third kappa shape index (κ3) is 3.85. The lowest BCUT2D eigenvalue weighted by Crippen LogP contribution is -2.36. The third-order valence-corrected chi connectivity index (χ3v) is 2.95. The van der Waals surface area contributed by atoms with Gasteiger partial charge in [0.25, 0.3) is 0 Å². The molecule has 0 bridgehead atoms. The predicted molar refractivity (Wildman–Crippen MR) is 72.3 cm³/mol. The molecule has 1 aromatic heterocycles. The number of hydrogen-bond donors (Lipinski definition) is 2. The Labute approximate surface area is 103 Å². The molecule has 0 saturated carbocycles. The van der Waals surface area contributed by atoms with Crippen LogP contribution in [-0.4, -0.2) is 36.1 Å². The first-order chi connectivity index (χ1) is 8.00. The Morgan fingerprint density at radius 2 is 2.18 bits per heavy atom. The molecular formula is C12H23N5. The van der Waals surface area contributed by atoms with Crippen LogP contribution in [0.5, 0.6) is 0 Å². The lowest BCUT2D eigenvalue weighted by Gasteiger charge is -2.30. The van der Waals surface area contributed by atoms with E-state index < -0.39 is 0 Å². The molecule has 0 radical (unpaired) electrons. The minimum atomic E-state index is -0.00726. The van der Waals surface area contributed by atoms with E-state index in [-0.39, 0.29) is 5.54 Å². The van der Waals surface area contributed by atoms with Gasteiger partial charge in [-0.3, -0.25) is 0 Å². The Morgan fingerprint density at radius 1 is 1.47 bits per heavy atom. The summed E-state index contributed by atoms with van der Waals surface area (Å²) in [6.45, 7) is 4.98. The maximum Gasteiger partial charge on any atom is 0.226 e. The van der Waals surface area contributed by atoms with E-state index in [1.807, 2.05) is 25.1 Å². The van der Waals surface area contributed by atoms with Crippen LogP contribution in [0.4, 0.5) is 11.8 Å². The topological polar surface area (TPSA) is 67.1 Å². The van der Waals surface area contributed by atoms with Gasteiger partial charge in [-0.2, -0.15) is 4.98 Å². The molecule has 3 N–H and O–H groups in total. The Balaban J connectivity index is 2.82. The van der Waals surface area contributed by atoms with Gasteiger partial charge in [0.1, 0.15) is 5.82 Å². The lowest BCUT2D eigenvalue weighted by atomic mass is 9.94. The number of aromatic nitrogens is 2. The van der Waals surface area contributed by atoms with Crippen molar-refractivity contribution >= 4 is 11.8 Å². The van der Waals surface area contributed by atoms with Gasteiger partial charge in [-0.15, -0.1) is 0 Å².